The molecule has 0 aliphatic rings. The summed E-state index contributed by atoms with van der Waals surface area (Å²) < 4.78 is 18.9. The molecular weight excluding hydrogens is 145 g/mol. The predicted molar refractivity (Wildman–Crippen MR) is 30.5 cm³/mol. The fraction of sp³-hybridized carbons (Fsp3) is 1.00. The van der Waals surface area contributed by atoms with Gasteiger partial charge in [-0.2, -0.15) is 0 Å². The van der Waals surface area contributed by atoms with E-state index in [4.69, 9.17) is 4.89 Å². The van der Waals surface area contributed by atoms with Gasteiger partial charge in [0.25, 0.3) is 0 Å². The molecule has 9 heavy (non-hydrogen) atoms. The number of hydrogen-bond donors (Lipinski definition) is 2. The first kappa shape index (κ1) is 9.07. The zero-order valence-corrected chi connectivity index (χ0v) is 6.13. The number of phosphoric ester groups is 1. The summed E-state index contributed by atoms with van der Waals surface area (Å²) in [5.41, 5.74) is 3.41. The highest BCUT2D eigenvalue weighted by atomic mass is 31.2. The summed E-state index contributed by atoms with van der Waals surface area (Å²) in [6.07, 6.45) is 0. The Hall–Kier alpha value is 0.0700. The maximum absolute atomic E-state index is 10.4. The van der Waals surface area contributed by atoms with E-state index in [-0.39, 0.29) is 6.61 Å². The highest BCUT2D eigenvalue weighted by molar-refractivity contribution is 7.47. The van der Waals surface area contributed by atoms with Crippen molar-refractivity contribution in [1.82, 2.24) is 0 Å². The van der Waals surface area contributed by atoms with Gasteiger partial charge in [-0.3, -0.25) is 9.05 Å². The molecule has 0 heterocycles. The van der Waals surface area contributed by atoms with Gasteiger partial charge in [-0.05, 0) is 0 Å². The van der Waals surface area contributed by atoms with Crippen molar-refractivity contribution in [2.24, 2.45) is 0 Å². The summed E-state index contributed by atoms with van der Waals surface area (Å²) >= 11 is 0. The summed E-state index contributed by atoms with van der Waals surface area (Å²) in [5, 5.41) is 0. The van der Waals surface area contributed by atoms with Gasteiger partial charge < -0.3 is 10.6 Å². The third-order valence-electron chi connectivity index (χ3n) is 0.629. The molecule has 6 heteroatoms. The van der Waals surface area contributed by atoms with Gasteiger partial charge in [0.1, 0.15) is 6.61 Å². The quantitative estimate of drug-likeness (QED) is 0.511. The lowest BCUT2D eigenvalue weighted by Crippen LogP contribution is -2.52. The number of rotatable bonds is 4. The second-order valence-corrected chi connectivity index (χ2v) is 2.90. The van der Waals surface area contributed by atoms with Crippen LogP contribution in [0.5, 0.6) is 0 Å². The third kappa shape index (κ3) is 4.57. The zero-order valence-electron chi connectivity index (χ0n) is 5.24. The summed E-state index contributed by atoms with van der Waals surface area (Å²) in [6.45, 7) is 0.593. The normalized spacial score (nSPS) is 17.2. The van der Waals surface area contributed by atoms with Crippen molar-refractivity contribution >= 4 is 7.82 Å². The van der Waals surface area contributed by atoms with Crippen LogP contribution in [0.25, 0.3) is 0 Å². The molecule has 1 atom stereocenters. The average Bonchev–Trinajstić information content (AvgIpc) is 1.84. The molecular formula is C3H11NO4P+. The van der Waals surface area contributed by atoms with Crippen molar-refractivity contribution in [1.29, 1.82) is 0 Å². The molecule has 0 saturated carbocycles. The van der Waals surface area contributed by atoms with Crippen molar-refractivity contribution in [2.45, 2.75) is 0 Å². The standard InChI is InChI=1S/C3H10NO4P/c1-7-9(5,6)8-3-2-4/h2-4H2,1H3,(H,5,6)/p+1. The molecule has 0 fully saturated rings. The fourth-order valence-corrected chi connectivity index (χ4v) is 0.698. The predicted octanol–water partition coefficient (Wildman–Crippen LogP) is -1.01. The molecule has 0 bridgehead atoms. The molecule has 0 aromatic heterocycles. The van der Waals surface area contributed by atoms with Crippen LogP contribution in [-0.4, -0.2) is 25.2 Å². The maximum atomic E-state index is 10.4. The van der Waals surface area contributed by atoms with E-state index in [1.54, 1.807) is 0 Å². The fourth-order valence-electron chi connectivity index (χ4n) is 0.233. The van der Waals surface area contributed by atoms with Crippen LogP contribution >= 0.6 is 7.82 Å². The summed E-state index contributed by atoms with van der Waals surface area (Å²) in [4.78, 5) is 8.54. The van der Waals surface area contributed by atoms with Crippen LogP contribution in [0.3, 0.4) is 0 Å². The van der Waals surface area contributed by atoms with E-state index in [2.05, 4.69) is 14.8 Å². The Balaban J connectivity index is 3.46. The zero-order chi connectivity index (χ0) is 7.33. The van der Waals surface area contributed by atoms with Crippen LogP contribution in [0, 0.1) is 0 Å². The van der Waals surface area contributed by atoms with Crippen molar-refractivity contribution in [3.05, 3.63) is 0 Å². The highest BCUT2D eigenvalue weighted by Gasteiger charge is 2.17. The van der Waals surface area contributed by atoms with Gasteiger partial charge in [-0.25, -0.2) is 4.57 Å². The maximum Gasteiger partial charge on any atom is 0.472 e. The van der Waals surface area contributed by atoms with Crippen molar-refractivity contribution < 1.29 is 24.2 Å². The Labute approximate surface area is 53.4 Å². The molecule has 5 nitrogen and oxygen atoms in total. The topological polar surface area (TPSA) is 83.4 Å². The molecule has 0 radical (unpaired) electrons. The monoisotopic (exact) mass is 156 g/mol. The molecule has 0 amide bonds. The second kappa shape index (κ2) is 3.98. The van der Waals surface area contributed by atoms with Crippen molar-refractivity contribution in [3.8, 4) is 0 Å². The molecule has 0 saturated heterocycles. The lowest BCUT2D eigenvalue weighted by atomic mass is 10.8. The summed E-state index contributed by atoms with van der Waals surface area (Å²) in [7, 11) is -2.61. The van der Waals surface area contributed by atoms with E-state index in [0.717, 1.165) is 7.11 Å². The molecule has 56 valence electrons. The van der Waals surface area contributed by atoms with Gasteiger partial charge in [0.05, 0.1) is 6.54 Å². The minimum absolute atomic E-state index is 0.140. The van der Waals surface area contributed by atoms with Gasteiger partial charge in [0.15, 0.2) is 0 Å². The second-order valence-electron chi connectivity index (χ2n) is 1.34. The Morgan fingerprint density at radius 2 is 2.33 bits per heavy atom. The van der Waals surface area contributed by atoms with Crippen molar-refractivity contribution in [3.63, 3.8) is 0 Å². The molecule has 4 N–H and O–H groups in total. The van der Waals surface area contributed by atoms with E-state index in [0.29, 0.717) is 6.54 Å². The van der Waals surface area contributed by atoms with Crippen LogP contribution in [0.4, 0.5) is 0 Å². The molecule has 0 aliphatic heterocycles. The first-order valence-electron chi connectivity index (χ1n) is 2.44. The van der Waals surface area contributed by atoms with Crippen LogP contribution < -0.4 is 5.73 Å². The van der Waals surface area contributed by atoms with Crippen LogP contribution in [0.15, 0.2) is 0 Å². The van der Waals surface area contributed by atoms with E-state index < -0.39 is 7.82 Å². The first-order valence-corrected chi connectivity index (χ1v) is 3.94. The third-order valence-corrected chi connectivity index (χ3v) is 1.60. The average molecular weight is 156 g/mol. The van der Waals surface area contributed by atoms with Gasteiger partial charge in [-0.1, -0.05) is 0 Å². The summed E-state index contributed by atoms with van der Waals surface area (Å²) in [5.74, 6) is 0. The van der Waals surface area contributed by atoms with Gasteiger partial charge in [0.2, 0.25) is 0 Å². The Morgan fingerprint density at radius 1 is 1.78 bits per heavy atom. The smallest absolute Gasteiger partial charge is 0.356 e. The van der Waals surface area contributed by atoms with Gasteiger partial charge in [0, 0.05) is 7.11 Å². The van der Waals surface area contributed by atoms with E-state index in [1.165, 1.54) is 0 Å². The van der Waals surface area contributed by atoms with Crippen molar-refractivity contribution in [2.75, 3.05) is 20.3 Å². The van der Waals surface area contributed by atoms with Crippen LogP contribution in [0.2, 0.25) is 0 Å². The Kier molecular flexibility index (Phi) is 4.01. The van der Waals surface area contributed by atoms with E-state index >= 15 is 0 Å². The lowest BCUT2D eigenvalue weighted by molar-refractivity contribution is -0.371. The number of hydrogen-bond acceptors (Lipinski definition) is 3. The van der Waals surface area contributed by atoms with E-state index in [9.17, 15) is 4.57 Å². The van der Waals surface area contributed by atoms with Crippen LogP contribution in [-0.2, 0) is 13.6 Å². The van der Waals surface area contributed by atoms with Crippen LogP contribution in [0.1, 0.15) is 0 Å². The minimum Gasteiger partial charge on any atom is -0.356 e. The van der Waals surface area contributed by atoms with E-state index in [1.807, 2.05) is 0 Å². The molecule has 0 aromatic carbocycles. The molecule has 1 unspecified atom stereocenters. The highest BCUT2D eigenvalue weighted by Crippen LogP contribution is 2.41. The first-order chi connectivity index (χ1) is 4.12. The largest absolute Gasteiger partial charge is 0.472 e. The number of phosphoric acid groups is 1. The number of quaternary nitrogens is 1. The Morgan fingerprint density at radius 3 is 2.67 bits per heavy atom. The molecule has 0 rings (SSSR count). The Bertz CT molecular complexity index is 116. The molecule has 0 aliphatic carbocycles. The summed E-state index contributed by atoms with van der Waals surface area (Å²) in [6, 6.07) is 0. The molecule has 0 aromatic rings. The SMILES string of the molecule is COP(=O)(O)OCC[NH3+]. The lowest BCUT2D eigenvalue weighted by Gasteiger charge is -2.05. The molecule has 0 spiro atoms. The minimum atomic E-state index is -3.73. The van der Waals surface area contributed by atoms with Gasteiger partial charge >= 0.3 is 7.82 Å². The van der Waals surface area contributed by atoms with Gasteiger partial charge in [-0.15, -0.1) is 0 Å².